The van der Waals surface area contributed by atoms with Crippen LogP contribution < -0.4 is 10.0 Å². The molecule has 1 heterocycles. The Hall–Kier alpha value is -3.20. The predicted molar refractivity (Wildman–Crippen MR) is 101 cm³/mol. The normalized spacial score (nSPS) is 11.2. The van der Waals surface area contributed by atoms with Crippen molar-refractivity contribution in [3.63, 3.8) is 0 Å². The Balaban J connectivity index is 1.82. The lowest BCUT2D eigenvalue weighted by molar-refractivity contribution is 0.102. The smallest absolute Gasteiger partial charge is 0.257 e. The topological polar surface area (TPSA) is 93.1 Å². The third kappa shape index (κ3) is 5.14. The molecule has 3 aromatic rings. The van der Waals surface area contributed by atoms with Crippen molar-refractivity contribution in [3.8, 4) is 0 Å². The van der Waals surface area contributed by atoms with E-state index in [0.717, 1.165) is 24.0 Å². The van der Waals surface area contributed by atoms with E-state index >= 15 is 0 Å². The average molecular weight is 388 g/mol. The van der Waals surface area contributed by atoms with Gasteiger partial charge < -0.3 is 5.32 Å². The Kier molecular flexibility index (Phi) is 5.22. The molecule has 0 fully saturated rings. The first kappa shape index (κ1) is 18.6. The molecule has 0 aliphatic heterocycles. The zero-order chi connectivity index (χ0) is 19.4. The van der Waals surface area contributed by atoms with Gasteiger partial charge in [-0.1, -0.05) is 12.1 Å². The molecule has 0 spiro atoms. The molecule has 2 N–H and O–H groups in total. The molecule has 0 saturated heterocycles. The molecule has 0 unspecified atom stereocenters. The maximum atomic E-state index is 13.6. The molecule has 140 valence electrons. The van der Waals surface area contributed by atoms with E-state index < -0.39 is 21.7 Å². The first-order valence-electron chi connectivity index (χ1n) is 7.95. The van der Waals surface area contributed by atoms with Gasteiger partial charge in [0.2, 0.25) is 10.0 Å². The Morgan fingerprint density at radius 3 is 2.70 bits per heavy atom. The molecule has 2 aromatic carbocycles. The van der Waals surface area contributed by atoms with Gasteiger partial charge in [0, 0.05) is 18.1 Å². The van der Waals surface area contributed by atoms with Crippen LogP contribution in [0.2, 0.25) is 0 Å². The van der Waals surface area contributed by atoms with E-state index in [2.05, 4.69) is 15.1 Å². The highest BCUT2D eigenvalue weighted by molar-refractivity contribution is 7.92. The summed E-state index contributed by atoms with van der Waals surface area (Å²) in [5.41, 5.74) is 1.30. The van der Waals surface area contributed by atoms with Crippen LogP contribution in [-0.2, 0) is 16.6 Å². The lowest BCUT2D eigenvalue weighted by atomic mass is 10.1. The number of halogens is 1. The van der Waals surface area contributed by atoms with Crippen molar-refractivity contribution >= 4 is 27.3 Å². The van der Waals surface area contributed by atoms with Gasteiger partial charge in [-0.3, -0.25) is 14.2 Å². The number of carbonyl (C=O) groups excluding carboxylic acids is 1. The quantitative estimate of drug-likeness (QED) is 0.679. The molecule has 0 aliphatic carbocycles. The average Bonchev–Trinajstić information content (AvgIpc) is 3.08. The summed E-state index contributed by atoms with van der Waals surface area (Å²) in [5, 5.41) is 6.79. The summed E-state index contributed by atoms with van der Waals surface area (Å²) in [5.74, 6) is -1.27. The number of benzene rings is 2. The Labute approximate surface area is 155 Å². The molecular weight excluding hydrogens is 371 g/mol. The fourth-order valence-electron chi connectivity index (χ4n) is 2.52. The molecule has 1 aromatic heterocycles. The lowest BCUT2D eigenvalue weighted by Gasteiger charge is -2.12. The zero-order valence-corrected chi connectivity index (χ0v) is 15.2. The van der Waals surface area contributed by atoms with Gasteiger partial charge in [-0.2, -0.15) is 5.10 Å². The summed E-state index contributed by atoms with van der Waals surface area (Å²) in [4.78, 5) is 12.6. The molecule has 9 heteroatoms. The van der Waals surface area contributed by atoms with Crippen LogP contribution in [0.5, 0.6) is 0 Å². The number of nitrogens with one attached hydrogen (secondary N) is 2. The molecule has 0 atom stereocenters. The van der Waals surface area contributed by atoms with E-state index in [0.29, 0.717) is 12.2 Å². The van der Waals surface area contributed by atoms with Gasteiger partial charge in [-0.05, 0) is 42.0 Å². The highest BCUT2D eigenvalue weighted by Gasteiger charge is 2.16. The lowest BCUT2D eigenvalue weighted by Crippen LogP contribution is -2.18. The fourth-order valence-corrected chi connectivity index (χ4v) is 3.10. The van der Waals surface area contributed by atoms with E-state index in [1.165, 1.54) is 6.07 Å². The van der Waals surface area contributed by atoms with E-state index in [1.807, 2.05) is 18.3 Å². The molecule has 0 radical (unpaired) electrons. The van der Waals surface area contributed by atoms with Crippen molar-refractivity contribution in [2.45, 2.75) is 6.54 Å². The van der Waals surface area contributed by atoms with Crippen LogP contribution in [0.1, 0.15) is 15.9 Å². The summed E-state index contributed by atoms with van der Waals surface area (Å²) < 4.78 is 40.5. The van der Waals surface area contributed by atoms with Crippen molar-refractivity contribution in [3.05, 3.63) is 77.9 Å². The number of hydrogen-bond donors (Lipinski definition) is 2. The van der Waals surface area contributed by atoms with Gasteiger partial charge in [0.1, 0.15) is 5.82 Å². The summed E-state index contributed by atoms with van der Waals surface area (Å²) >= 11 is 0. The second kappa shape index (κ2) is 7.58. The standard InChI is InChI=1S/C18H17FN4O3S/c1-27(25,26)22-17-7-6-14(19)11-16(17)18(24)21-15-5-2-4-13(10-15)12-23-9-3-8-20-23/h2-11,22H,12H2,1H3,(H,21,24). The Morgan fingerprint density at radius 1 is 1.19 bits per heavy atom. The monoisotopic (exact) mass is 388 g/mol. The van der Waals surface area contributed by atoms with Crippen molar-refractivity contribution < 1.29 is 17.6 Å². The minimum atomic E-state index is -3.62. The highest BCUT2D eigenvalue weighted by Crippen LogP contribution is 2.20. The number of nitrogens with zero attached hydrogens (tertiary/aromatic N) is 2. The third-order valence-corrected chi connectivity index (χ3v) is 4.20. The van der Waals surface area contributed by atoms with Gasteiger partial charge in [-0.25, -0.2) is 12.8 Å². The first-order valence-corrected chi connectivity index (χ1v) is 9.84. The van der Waals surface area contributed by atoms with Crippen molar-refractivity contribution in [1.82, 2.24) is 9.78 Å². The summed E-state index contributed by atoms with van der Waals surface area (Å²) in [6, 6.07) is 12.2. The summed E-state index contributed by atoms with van der Waals surface area (Å²) in [7, 11) is -3.62. The fraction of sp³-hybridized carbons (Fsp3) is 0.111. The maximum absolute atomic E-state index is 13.6. The van der Waals surface area contributed by atoms with Gasteiger partial charge in [0.25, 0.3) is 5.91 Å². The number of rotatable bonds is 6. The third-order valence-electron chi connectivity index (χ3n) is 3.61. The Bertz CT molecular complexity index is 1070. The number of sulfonamides is 1. The van der Waals surface area contributed by atoms with Crippen LogP contribution in [0.4, 0.5) is 15.8 Å². The first-order chi connectivity index (χ1) is 12.8. The van der Waals surface area contributed by atoms with Gasteiger partial charge in [-0.15, -0.1) is 0 Å². The van der Waals surface area contributed by atoms with Crippen LogP contribution in [-0.4, -0.2) is 30.4 Å². The number of aromatic nitrogens is 2. The molecule has 27 heavy (non-hydrogen) atoms. The zero-order valence-electron chi connectivity index (χ0n) is 14.4. The minimum Gasteiger partial charge on any atom is -0.322 e. The second-order valence-corrected chi connectivity index (χ2v) is 7.67. The van der Waals surface area contributed by atoms with Crippen molar-refractivity contribution in [2.24, 2.45) is 0 Å². The van der Waals surface area contributed by atoms with E-state index in [4.69, 9.17) is 0 Å². The van der Waals surface area contributed by atoms with Gasteiger partial charge in [0.05, 0.1) is 24.1 Å². The molecule has 0 saturated carbocycles. The van der Waals surface area contributed by atoms with Crippen LogP contribution in [0.3, 0.4) is 0 Å². The van der Waals surface area contributed by atoms with E-state index in [-0.39, 0.29) is 11.3 Å². The number of hydrogen-bond acceptors (Lipinski definition) is 4. The molecule has 3 rings (SSSR count). The number of anilines is 2. The highest BCUT2D eigenvalue weighted by atomic mass is 32.2. The molecule has 7 nitrogen and oxygen atoms in total. The van der Waals surface area contributed by atoms with Crippen molar-refractivity contribution in [2.75, 3.05) is 16.3 Å². The van der Waals surface area contributed by atoms with Crippen molar-refractivity contribution in [1.29, 1.82) is 0 Å². The van der Waals surface area contributed by atoms with Crippen LogP contribution in [0.25, 0.3) is 0 Å². The van der Waals surface area contributed by atoms with Crippen LogP contribution in [0, 0.1) is 5.82 Å². The summed E-state index contributed by atoms with van der Waals surface area (Å²) in [6.07, 6.45) is 4.45. The van der Waals surface area contributed by atoms with Crippen LogP contribution in [0.15, 0.2) is 60.9 Å². The second-order valence-electron chi connectivity index (χ2n) is 5.92. The van der Waals surface area contributed by atoms with Crippen LogP contribution >= 0.6 is 0 Å². The molecule has 0 bridgehead atoms. The maximum Gasteiger partial charge on any atom is 0.257 e. The van der Waals surface area contributed by atoms with E-state index in [9.17, 15) is 17.6 Å². The SMILES string of the molecule is CS(=O)(=O)Nc1ccc(F)cc1C(=O)Nc1cccc(Cn2cccn2)c1. The van der Waals surface area contributed by atoms with Gasteiger partial charge in [0.15, 0.2) is 0 Å². The minimum absolute atomic E-state index is 0.00379. The largest absolute Gasteiger partial charge is 0.322 e. The number of amides is 1. The molecular formula is C18H17FN4O3S. The van der Waals surface area contributed by atoms with E-state index in [1.54, 1.807) is 29.1 Å². The molecule has 1 amide bonds. The molecule has 0 aliphatic rings. The number of carbonyl (C=O) groups is 1. The predicted octanol–water partition coefficient (Wildman–Crippen LogP) is 2.69. The summed E-state index contributed by atoms with van der Waals surface area (Å²) in [6.45, 7) is 0.525. The Morgan fingerprint density at radius 2 is 2.00 bits per heavy atom. The van der Waals surface area contributed by atoms with Gasteiger partial charge >= 0.3 is 0 Å².